The molecule has 2 nitrogen and oxygen atoms in total. The number of hydrogen-bond acceptors (Lipinski definition) is 1. The van der Waals surface area contributed by atoms with Crippen LogP contribution < -0.4 is 0 Å². The molecule has 0 amide bonds. The Morgan fingerprint density at radius 2 is 2.00 bits per heavy atom. The van der Waals surface area contributed by atoms with Gasteiger partial charge in [-0.1, -0.05) is 12.1 Å². The lowest BCUT2D eigenvalue weighted by Gasteiger charge is -2.09. The lowest BCUT2D eigenvalue weighted by molar-refractivity contribution is 0.617. The van der Waals surface area contributed by atoms with Gasteiger partial charge in [0.15, 0.2) is 0 Å². The second-order valence-electron chi connectivity index (χ2n) is 4.39. The van der Waals surface area contributed by atoms with E-state index >= 15 is 0 Å². The normalized spacial score (nSPS) is 11.2. The maximum absolute atomic E-state index is 14.1. The van der Waals surface area contributed by atoms with Crippen LogP contribution in [0.3, 0.4) is 0 Å². The molecule has 3 aromatic rings. The third-order valence-electron chi connectivity index (χ3n) is 3.10. The molecule has 0 radical (unpaired) electrons. The number of para-hydroxylation sites is 1. The lowest BCUT2D eigenvalue weighted by Crippen LogP contribution is -2.04. The average Bonchev–Trinajstić information content (AvgIpc) is 2.77. The molecular weight excluding hydrogens is 390 g/mol. The van der Waals surface area contributed by atoms with Crippen LogP contribution in [0.1, 0.15) is 5.82 Å². The Labute approximate surface area is 134 Å². The van der Waals surface area contributed by atoms with Crippen LogP contribution >= 0.6 is 34.2 Å². The molecule has 0 atom stereocenters. The highest BCUT2D eigenvalue weighted by Gasteiger charge is 2.14. The molecule has 0 spiro atoms. The van der Waals surface area contributed by atoms with Crippen molar-refractivity contribution in [2.75, 3.05) is 5.88 Å². The molecule has 0 unspecified atom stereocenters. The summed E-state index contributed by atoms with van der Waals surface area (Å²) in [5, 5.41) is 0. The van der Waals surface area contributed by atoms with E-state index in [9.17, 15) is 4.39 Å². The SMILES string of the molecule is Fc1ccccc1-n1c(CCCl)nc2cc(I)ccc21. The van der Waals surface area contributed by atoms with Crippen molar-refractivity contribution >= 4 is 45.2 Å². The molecule has 2 aromatic carbocycles. The molecule has 0 saturated heterocycles. The van der Waals surface area contributed by atoms with Crippen LogP contribution in [-0.4, -0.2) is 15.4 Å². The van der Waals surface area contributed by atoms with Crippen molar-refractivity contribution in [3.8, 4) is 5.69 Å². The Bertz CT molecular complexity index is 770. The number of imidazole rings is 1. The van der Waals surface area contributed by atoms with E-state index in [0.29, 0.717) is 18.0 Å². The van der Waals surface area contributed by atoms with E-state index in [1.54, 1.807) is 12.1 Å². The zero-order chi connectivity index (χ0) is 14.1. The van der Waals surface area contributed by atoms with Crippen molar-refractivity contribution in [2.24, 2.45) is 0 Å². The van der Waals surface area contributed by atoms with Gasteiger partial charge in [0, 0.05) is 15.9 Å². The third kappa shape index (κ3) is 2.42. The van der Waals surface area contributed by atoms with Crippen molar-refractivity contribution < 1.29 is 4.39 Å². The van der Waals surface area contributed by atoms with Crippen LogP contribution in [0.2, 0.25) is 0 Å². The highest BCUT2D eigenvalue weighted by atomic mass is 127. The van der Waals surface area contributed by atoms with E-state index in [2.05, 4.69) is 27.6 Å². The van der Waals surface area contributed by atoms with Gasteiger partial charge in [-0.05, 0) is 52.9 Å². The van der Waals surface area contributed by atoms with Crippen molar-refractivity contribution in [3.63, 3.8) is 0 Å². The van der Waals surface area contributed by atoms with Gasteiger partial charge in [-0.2, -0.15) is 0 Å². The first-order chi connectivity index (χ1) is 9.70. The molecule has 0 bridgehead atoms. The van der Waals surface area contributed by atoms with Crippen LogP contribution in [0, 0.1) is 9.39 Å². The van der Waals surface area contributed by atoms with E-state index in [-0.39, 0.29) is 5.82 Å². The molecule has 0 aliphatic heterocycles. The molecule has 0 aliphatic carbocycles. The second kappa shape index (κ2) is 5.69. The predicted molar refractivity (Wildman–Crippen MR) is 88.2 cm³/mol. The number of fused-ring (bicyclic) bond motifs is 1. The molecule has 0 aliphatic rings. The molecule has 0 fully saturated rings. The van der Waals surface area contributed by atoms with Crippen LogP contribution in [0.15, 0.2) is 42.5 Å². The Hall–Kier alpha value is -1.14. The molecule has 0 N–H and O–H groups in total. The number of benzene rings is 2. The van der Waals surface area contributed by atoms with Crippen molar-refractivity contribution in [3.05, 3.63) is 57.7 Å². The van der Waals surface area contributed by atoms with Crippen LogP contribution in [0.4, 0.5) is 4.39 Å². The number of nitrogens with zero attached hydrogens (tertiary/aromatic N) is 2. The van der Waals surface area contributed by atoms with Crippen molar-refractivity contribution in [1.82, 2.24) is 9.55 Å². The topological polar surface area (TPSA) is 17.8 Å². The summed E-state index contributed by atoms with van der Waals surface area (Å²) in [6.07, 6.45) is 0.598. The largest absolute Gasteiger partial charge is 0.293 e. The highest BCUT2D eigenvalue weighted by Crippen LogP contribution is 2.25. The number of rotatable bonds is 3. The highest BCUT2D eigenvalue weighted by molar-refractivity contribution is 14.1. The van der Waals surface area contributed by atoms with E-state index in [1.807, 2.05) is 28.8 Å². The molecule has 5 heteroatoms. The molecular formula is C15H11ClFIN2. The maximum Gasteiger partial charge on any atom is 0.147 e. The molecule has 3 rings (SSSR count). The zero-order valence-corrected chi connectivity index (χ0v) is 13.4. The fraction of sp³-hybridized carbons (Fsp3) is 0.133. The zero-order valence-electron chi connectivity index (χ0n) is 10.5. The first-order valence-corrected chi connectivity index (χ1v) is 7.80. The summed E-state index contributed by atoms with van der Waals surface area (Å²) >= 11 is 8.09. The van der Waals surface area contributed by atoms with Gasteiger partial charge in [-0.3, -0.25) is 4.57 Å². The Kier molecular flexibility index (Phi) is 3.94. The second-order valence-corrected chi connectivity index (χ2v) is 6.01. The maximum atomic E-state index is 14.1. The van der Waals surface area contributed by atoms with Gasteiger partial charge >= 0.3 is 0 Å². The van der Waals surface area contributed by atoms with E-state index in [0.717, 1.165) is 20.4 Å². The van der Waals surface area contributed by atoms with Gasteiger partial charge in [0.25, 0.3) is 0 Å². The summed E-state index contributed by atoms with van der Waals surface area (Å²) in [5.74, 6) is 0.970. The van der Waals surface area contributed by atoms with Crippen LogP contribution in [-0.2, 0) is 6.42 Å². The minimum Gasteiger partial charge on any atom is -0.293 e. The monoisotopic (exact) mass is 400 g/mol. The molecule has 102 valence electrons. The number of aryl methyl sites for hydroxylation is 1. The third-order valence-corrected chi connectivity index (χ3v) is 3.96. The molecule has 1 aromatic heterocycles. The standard InChI is InChI=1S/C15H11ClFIN2/c16-8-7-15-19-12-9-10(18)5-6-14(12)20(15)13-4-2-1-3-11(13)17/h1-6,9H,7-8H2. The Morgan fingerprint density at radius 3 is 2.75 bits per heavy atom. The van der Waals surface area contributed by atoms with Crippen LogP contribution in [0.5, 0.6) is 0 Å². The minimum absolute atomic E-state index is 0.263. The number of hydrogen-bond donors (Lipinski definition) is 0. The van der Waals surface area contributed by atoms with Gasteiger partial charge in [0.2, 0.25) is 0 Å². The van der Waals surface area contributed by atoms with Gasteiger partial charge in [-0.15, -0.1) is 11.6 Å². The predicted octanol–water partition coefficient (Wildman–Crippen LogP) is 4.55. The fourth-order valence-electron chi connectivity index (χ4n) is 2.26. The van der Waals surface area contributed by atoms with E-state index < -0.39 is 0 Å². The van der Waals surface area contributed by atoms with Gasteiger partial charge < -0.3 is 0 Å². The summed E-state index contributed by atoms with van der Waals surface area (Å²) in [7, 11) is 0. The summed E-state index contributed by atoms with van der Waals surface area (Å²) in [6.45, 7) is 0. The quantitative estimate of drug-likeness (QED) is 0.466. The first-order valence-electron chi connectivity index (χ1n) is 6.18. The molecule has 0 saturated carbocycles. The first kappa shape index (κ1) is 13.8. The number of halogens is 3. The summed E-state index contributed by atoms with van der Waals surface area (Å²) in [5.41, 5.74) is 2.27. The van der Waals surface area contributed by atoms with Gasteiger partial charge in [0.05, 0.1) is 16.7 Å². The number of alkyl halides is 1. The Balaban J connectivity index is 2.32. The summed E-state index contributed by atoms with van der Waals surface area (Å²) < 4.78 is 17.1. The number of aromatic nitrogens is 2. The van der Waals surface area contributed by atoms with Crippen LogP contribution in [0.25, 0.3) is 16.7 Å². The molecule has 20 heavy (non-hydrogen) atoms. The van der Waals surface area contributed by atoms with E-state index in [1.165, 1.54) is 6.07 Å². The van der Waals surface area contributed by atoms with Crippen molar-refractivity contribution in [2.45, 2.75) is 6.42 Å². The molecule has 1 heterocycles. The van der Waals surface area contributed by atoms with E-state index in [4.69, 9.17) is 11.6 Å². The van der Waals surface area contributed by atoms with Gasteiger partial charge in [-0.25, -0.2) is 9.37 Å². The lowest BCUT2D eigenvalue weighted by atomic mass is 10.2. The Morgan fingerprint density at radius 1 is 1.20 bits per heavy atom. The summed E-state index contributed by atoms with van der Waals surface area (Å²) in [6, 6.07) is 12.7. The smallest absolute Gasteiger partial charge is 0.147 e. The van der Waals surface area contributed by atoms with Gasteiger partial charge in [0.1, 0.15) is 11.6 Å². The van der Waals surface area contributed by atoms with Crippen molar-refractivity contribution in [1.29, 1.82) is 0 Å². The minimum atomic E-state index is -0.263. The fourth-order valence-corrected chi connectivity index (χ4v) is 2.90. The summed E-state index contributed by atoms with van der Waals surface area (Å²) in [4.78, 5) is 4.59. The average molecular weight is 401 g/mol.